The van der Waals surface area contributed by atoms with Crippen LogP contribution in [0.4, 0.5) is 0 Å². The summed E-state index contributed by atoms with van der Waals surface area (Å²) in [4.78, 5) is 25.4. The van der Waals surface area contributed by atoms with Gasteiger partial charge in [0.1, 0.15) is 12.4 Å². The van der Waals surface area contributed by atoms with E-state index in [1.54, 1.807) is 0 Å². The first-order valence-corrected chi connectivity index (χ1v) is 9.66. The van der Waals surface area contributed by atoms with Crippen LogP contribution in [0, 0.1) is 0 Å². The van der Waals surface area contributed by atoms with Crippen LogP contribution in [0.25, 0.3) is 11.0 Å². The van der Waals surface area contributed by atoms with E-state index in [2.05, 4.69) is 31.6 Å². The molecule has 27 heavy (non-hydrogen) atoms. The first-order valence-electron chi connectivity index (χ1n) is 9.66. The van der Waals surface area contributed by atoms with Gasteiger partial charge in [-0.15, -0.1) is 0 Å². The minimum absolute atomic E-state index is 0.215. The molecule has 7 heteroatoms. The Morgan fingerprint density at radius 3 is 2.93 bits per heavy atom. The molecule has 140 valence electrons. The number of nitrogens with zero attached hydrogens (tertiary/aromatic N) is 4. The number of fused-ring (bicyclic) bond motifs is 3. The quantitative estimate of drug-likeness (QED) is 0.766. The molecule has 3 aromatic rings. The number of hydrogen-bond acceptors (Lipinski definition) is 5. The van der Waals surface area contributed by atoms with E-state index < -0.39 is 0 Å². The van der Waals surface area contributed by atoms with Gasteiger partial charge in [-0.25, -0.2) is 9.97 Å². The summed E-state index contributed by atoms with van der Waals surface area (Å²) >= 11 is 0. The Kier molecular flexibility index (Phi) is 4.16. The number of imidazole rings is 1. The molecular weight excluding hydrogens is 342 g/mol. The van der Waals surface area contributed by atoms with Crippen LogP contribution in [0.15, 0.2) is 35.3 Å². The molecule has 2 aromatic heterocycles. The van der Waals surface area contributed by atoms with Crippen LogP contribution < -0.4 is 10.3 Å². The highest BCUT2D eigenvalue weighted by Crippen LogP contribution is 2.27. The molecule has 0 unspecified atom stereocenters. The second-order valence-electron chi connectivity index (χ2n) is 7.40. The van der Waals surface area contributed by atoms with Crippen LogP contribution in [-0.4, -0.2) is 43.6 Å². The zero-order chi connectivity index (χ0) is 18.2. The number of H-pyrrole nitrogens is 1. The second-order valence-corrected chi connectivity index (χ2v) is 7.40. The zero-order valence-corrected chi connectivity index (χ0v) is 15.2. The molecule has 0 bridgehead atoms. The Labute approximate surface area is 157 Å². The van der Waals surface area contributed by atoms with Crippen molar-refractivity contribution in [3.05, 3.63) is 52.2 Å². The normalized spacial score (nSPS) is 18.1. The molecule has 1 aromatic carbocycles. The van der Waals surface area contributed by atoms with Crippen molar-refractivity contribution in [1.29, 1.82) is 0 Å². The van der Waals surface area contributed by atoms with Crippen LogP contribution in [-0.2, 0) is 19.6 Å². The maximum Gasteiger partial charge on any atom is 0.296 e. The first-order chi connectivity index (χ1) is 13.3. The van der Waals surface area contributed by atoms with Crippen LogP contribution in [0.5, 0.6) is 6.01 Å². The molecule has 2 aliphatic rings. The van der Waals surface area contributed by atoms with Gasteiger partial charge in [-0.1, -0.05) is 12.5 Å². The standard InChI is InChI=1S/C20H23N5O2/c26-19-6-8-21-20(23-19)27-13-14-4-5-16-17(12-14)25-11-10-24(15-2-1-3-15)9-7-18(25)22-16/h4-6,8,12,15H,1-3,7,9-11,13H2,(H,21,23,26). The lowest BCUT2D eigenvalue weighted by molar-refractivity contribution is 0.130. The van der Waals surface area contributed by atoms with Crippen molar-refractivity contribution in [2.75, 3.05) is 13.1 Å². The van der Waals surface area contributed by atoms with E-state index in [0.717, 1.165) is 48.7 Å². The topological polar surface area (TPSA) is 76.0 Å². The maximum atomic E-state index is 11.3. The number of ether oxygens (including phenoxy) is 1. The van der Waals surface area contributed by atoms with Gasteiger partial charge in [0, 0.05) is 44.4 Å². The monoisotopic (exact) mass is 365 g/mol. The van der Waals surface area contributed by atoms with Crippen molar-refractivity contribution in [1.82, 2.24) is 24.4 Å². The Morgan fingerprint density at radius 1 is 1.19 bits per heavy atom. The number of aromatic amines is 1. The molecule has 1 fully saturated rings. The molecule has 1 aliphatic carbocycles. The van der Waals surface area contributed by atoms with Gasteiger partial charge in [0.05, 0.1) is 11.0 Å². The molecule has 0 amide bonds. The zero-order valence-electron chi connectivity index (χ0n) is 15.2. The average Bonchev–Trinajstić information content (AvgIpc) is 2.85. The van der Waals surface area contributed by atoms with E-state index in [1.807, 2.05) is 6.07 Å². The summed E-state index contributed by atoms with van der Waals surface area (Å²) in [5.41, 5.74) is 3.03. The van der Waals surface area contributed by atoms with Crippen molar-refractivity contribution in [3.8, 4) is 6.01 Å². The Hall–Kier alpha value is -2.67. The Morgan fingerprint density at radius 2 is 2.11 bits per heavy atom. The fourth-order valence-corrected chi connectivity index (χ4v) is 4.03. The summed E-state index contributed by atoms with van der Waals surface area (Å²) in [6.45, 7) is 3.55. The van der Waals surface area contributed by atoms with E-state index >= 15 is 0 Å². The minimum Gasteiger partial charge on any atom is -0.460 e. The predicted octanol–water partition coefficient (Wildman–Crippen LogP) is 2.11. The molecule has 0 spiro atoms. The first kappa shape index (κ1) is 16.5. The summed E-state index contributed by atoms with van der Waals surface area (Å²) in [5, 5.41) is 0. The summed E-state index contributed by atoms with van der Waals surface area (Å²) in [7, 11) is 0. The van der Waals surface area contributed by atoms with Gasteiger partial charge in [-0.05, 0) is 30.5 Å². The molecule has 1 saturated carbocycles. The van der Waals surface area contributed by atoms with E-state index in [4.69, 9.17) is 9.72 Å². The van der Waals surface area contributed by atoms with Crippen LogP contribution in [0.1, 0.15) is 30.7 Å². The summed E-state index contributed by atoms with van der Waals surface area (Å²) in [6.07, 6.45) is 6.52. The highest BCUT2D eigenvalue weighted by Gasteiger charge is 2.27. The molecule has 7 nitrogen and oxygen atoms in total. The van der Waals surface area contributed by atoms with E-state index in [-0.39, 0.29) is 11.6 Å². The van der Waals surface area contributed by atoms with E-state index in [9.17, 15) is 4.79 Å². The van der Waals surface area contributed by atoms with Crippen LogP contribution in [0.3, 0.4) is 0 Å². The summed E-state index contributed by atoms with van der Waals surface area (Å²) in [6, 6.07) is 8.62. The molecule has 0 saturated heterocycles. The molecule has 5 rings (SSSR count). The molecule has 0 atom stereocenters. The second kappa shape index (κ2) is 6.81. The molecule has 3 heterocycles. The smallest absolute Gasteiger partial charge is 0.296 e. The van der Waals surface area contributed by atoms with Gasteiger partial charge in [0.25, 0.3) is 11.6 Å². The molecule has 0 radical (unpaired) electrons. The van der Waals surface area contributed by atoms with Crippen molar-refractivity contribution >= 4 is 11.0 Å². The Bertz CT molecular complexity index is 1020. The largest absolute Gasteiger partial charge is 0.460 e. The van der Waals surface area contributed by atoms with Crippen molar-refractivity contribution < 1.29 is 4.74 Å². The van der Waals surface area contributed by atoms with Gasteiger partial charge >= 0.3 is 0 Å². The summed E-state index contributed by atoms with van der Waals surface area (Å²) < 4.78 is 7.99. The molecule has 1 N–H and O–H groups in total. The third-order valence-electron chi connectivity index (χ3n) is 5.74. The van der Waals surface area contributed by atoms with Gasteiger partial charge in [-0.3, -0.25) is 14.7 Å². The fourth-order valence-electron chi connectivity index (χ4n) is 4.03. The number of aromatic nitrogens is 4. The lowest BCUT2D eigenvalue weighted by Gasteiger charge is -2.36. The van der Waals surface area contributed by atoms with Crippen molar-refractivity contribution in [2.24, 2.45) is 0 Å². The third-order valence-corrected chi connectivity index (χ3v) is 5.74. The van der Waals surface area contributed by atoms with Gasteiger partial charge in [0.2, 0.25) is 0 Å². The van der Waals surface area contributed by atoms with Gasteiger partial charge in [-0.2, -0.15) is 0 Å². The van der Waals surface area contributed by atoms with E-state index in [0.29, 0.717) is 6.61 Å². The summed E-state index contributed by atoms with van der Waals surface area (Å²) in [5.74, 6) is 1.18. The van der Waals surface area contributed by atoms with E-state index in [1.165, 1.54) is 37.4 Å². The van der Waals surface area contributed by atoms with Gasteiger partial charge < -0.3 is 9.30 Å². The highest BCUT2D eigenvalue weighted by molar-refractivity contribution is 5.77. The molecule has 1 aliphatic heterocycles. The number of benzene rings is 1. The number of nitrogens with one attached hydrogen (secondary N) is 1. The molecular formula is C20H23N5O2. The lowest BCUT2D eigenvalue weighted by atomic mass is 9.91. The van der Waals surface area contributed by atoms with Crippen LogP contribution in [0.2, 0.25) is 0 Å². The van der Waals surface area contributed by atoms with Gasteiger partial charge in [0.15, 0.2) is 0 Å². The maximum absolute atomic E-state index is 11.3. The van der Waals surface area contributed by atoms with Crippen LogP contribution >= 0.6 is 0 Å². The minimum atomic E-state index is -0.215. The fraction of sp³-hybridized carbons (Fsp3) is 0.450. The number of hydrogen-bond donors (Lipinski definition) is 1. The van der Waals surface area contributed by atoms with Crippen molar-refractivity contribution in [3.63, 3.8) is 0 Å². The lowest BCUT2D eigenvalue weighted by Crippen LogP contribution is -2.41. The Balaban J connectivity index is 1.36. The highest BCUT2D eigenvalue weighted by atomic mass is 16.5. The van der Waals surface area contributed by atoms with Crippen molar-refractivity contribution in [2.45, 2.75) is 44.9 Å². The third kappa shape index (κ3) is 3.23. The predicted molar refractivity (Wildman–Crippen MR) is 102 cm³/mol. The number of rotatable bonds is 4. The SMILES string of the molecule is O=c1ccnc(OCc2ccc3nc4n(c3c2)CCN(C2CCC2)CC4)[nH]1. The average molecular weight is 365 g/mol.